The first-order valence-electron chi connectivity index (χ1n) is 7.47. The Morgan fingerprint density at radius 3 is 2.74 bits per heavy atom. The van der Waals surface area contributed by atoms with Crippen molar-refractivity contribution in [3.05, 3.63) is 39.8 Å². The number of thiazole rings is 1. The second kappa shape index (κ2) is 7.93. The normalized spacial score (nSPS) is 13.0. The molecule has 0 bridgehead atoms. The molecule has 4 nitrogen and oxygen atoms in total. The van der Waals surface area contributed by atoms with E-state index in [2.05, 4.69) is 10.1 Å². The molecule has 0 aliphatic heterocycles. The van der Waals surface area contributed by atoms with Gasteiger partial charge in [-0.2, -0.15) is 4.57 Å². The Morgan fingerprint density at radius 2 is 2.00 bits per heavy atom. The van der Waals surface area contributed by atoms with Gasteiger partial charge >= 0.3 is 0 Å². The number of benzene rings is 1. The molecule has 0 unspecified atom stereocenters. The number of methoxy groups -OCH3 is 2. The van der Waals surface area contributed by atoms with Crippen molar-refractivity contribution >= 4 is 17.1 Å². The fourth-order valence-electron chi connectivity index (χ4n) is 2.89. The molecule has 0 spiro atoms. The molecule has 1 aromatic heterocycles. The van der Waals surface area contributed by atoms with Gasteiger partial charge in [0.25, 0.3) is 0 Å². The summed E-state index contributed by atoms with van der Waals surface area (Å²) < 4.78 is 12.6. The molecular weight excluding hydrogens is 378 g/mol. The average molecular weight is 398 g/mol. The van der Waals surface area contributed by atoms with E-state index in [1.807, 2.05) is 0 Å². The van der Waals surface area contributed by atoms with Crippen LogP contribution in [0.25, 0.3) is 0 Å². The van der Waals surface area contributed by atoms with Gasteiger partial charge in [0.1, 0.15) is 11.5 Å². The number of aromatic nitrogens is 1. The fourth-order valence-corrected chi connectivity index (χ4v) is 3.96. The lowest BCUT2D eigenvalue weighted by Gasteiger charge is -2.09. The maximum Gasteiger partial charge on any atom is 0.231 e. The number of hydrogen-bond acceptors (Lipinski definition) is 4. The van der Waals surface area contributed by atoms with E-state index < -0.39 is 0 Å². The minimum Gasteiger partial charge on any atom is -1.00 e. The molecule has 0 N–H and O–H groups in total. The first kappa shape index (κ1) is 17.9. The molecule has 3 rings (SSSR count). The van der Waals surface area contributed by atoms with Crippen LogP contribution in [0.1, 0.15) is 33.8 Å². The van der Waals surface area contributed by atoms with Crippen molar-refractivity contribution in [1.29, 1.82) is 0 Å². The van der Waals surface area contributed by atoms with Gasteiger partial charge in [0, 0.05) is 6.42 Å². The van der Waals surface area contributed by atoms with Gasteiger partial charge in [-0.3, -0.25) is 4.79 Å². The third-order valence-electron chi connectivity index (χ3n) is 4.08. The highest BCUT2D eigenvalue weighted by molar-refractivity contribution is 7.09. The van der Waals surface area contributed by atoms with Crippen molar-refractivity contribution in [2.75, 3.05) is 14.2 Å². The highest BCUT2D eigenvalue weighted by Gasteiger charge is 2.26. The van der Waals surface area contributed by atoms with E-state index in [4.69, 9.17) is 9.47 Å². The minimum absolute atomic E-state index is 0. The largest absolute Gasteiger partial charge is 1.00 e. The van der Waals surface area contributed by atoms with Crippen molar-refractivity contribution in [1.82, 2.24) is 0 Å². The molecule has 2 aromatic rings. The maximum absolute atomic E-state index is 12.7. The lowest BCUT2D eigenvalue weighted by atomic mass is 10.0. The number of halogens is 1. The van der Waals surface area contributed by atoms with Crippen LogP contribution in [0.5, 0.6) is 11.5 Å². The van der Waals surface area contributed by atoms with E-state index >= 15 is 0 Å². The summed E-state index contributed by atoms with van der Waals surface area (Å²) >= 11 is 1.76. The number of carbonyl (C=O) groups excluding carboxylic acids is 1. The smallest absolute Gasteiger partial charge is 0.231 e. The van der Waals surface area contributed by atoms with Crippen LogP contribution in [0.2, 0.25) is 0 Å². The molecule has 6 heteroatoms. The number of ketones is 1. The van der Waals surface area contributed by atoms with Gasteiger partial charge in [-0.05, 0) is 37.5 Å². The number of fused-ring (bicyclic) bond motifs is 1. The van der Waals surface area contributed by atoms with Gasteiger partial charge in [0.15, 0.2) is 5.69 Å². The summed E-state index contributed by atoms with van der Waals surface area (Å²) in [6.07, 6.45) is 4.68. The number of hydrogen-bond donors (Lipinski definition) is 0. The van der Waals surface area contributed by atoms with Gasteiger partial charge in [0.2, 0.25) is 17.8 Å². The van der Waals surface area contributed by atoms with E-state index in [9.17, 15) is 4.79 Å². The van der Waals surface area contributed by atoms with Crippen LogP contribution in [0.15, 0.2) is 23.7 Å². The number of nitrogens with zero attached hydrogens (tertiary/aromatic N) is 1. The van der Waals surface area contributed by atoms with Crippen LogP contribution in [0, 0.1) is 0 Å². The van der Waals surface area contributed by atoms with Gasteiger partial charge in [-0.1, -0.05) is 11.3 Å². The molecule has 0 fully saturated rings. The average Bonchev–Trinajstić information content (AvgIpc) is 2.97. The summed E-state index contributed by atoms with van der Waals surface area (Å²) in [5.74, 6) is 1.31. The van der Waals surface area contributed by atoms with Crippen molar-refractivity contribution in [2.45, 2.75) is 32.2 Å². The molecule has 23 heavy (non-hydrogen) atoms. The zero-order valence-electron chi connectivity index (χ0n) is 13.3. The number of Topliss-reactive ketones (excluding diaryl/α,β-unsaturated/α-hetero) is 1. The number of rotatable bonds is 5. The zero-order chi connectivity index (χ0) is 15.5. The third-order valence-corrected chi connectivity index (χ3v) is 5.16. The molecule has 0 radical (unpaired) electrons. The van der Waals surface area contributed by atoms with Crippen LogP contribution in [0.4, 0.5) is 0 Å². The van der Waals surface area contributed by atoms with Crippen LogP contribution in [-0.2, 0) is 19.4 Å². The topological polar surface area (TPSA) is 39.4 Å². The van der Waals surface area contributed by atoms with Gasteiger partial charge < -0.3 is 26.5 Å². The molecule has 1 aliphatic rings. The quantitative estimate of drug-likeness (QED) is 0.518. The fraction of sp³-hybridized carbons (Fsp3) is 0.412. The Labute approximate surface area is 150 Å². The highest BCUT2D eigenvalue weighted by atomic mass is 79.9. The molecule has 1 aromatic carbocycles. The predicted octanol–water partition coefficient (Wildman–Crippen LogP) is -0.181. The van der Waals surface area contributed by atoms with E-state index in [0.717, 1.165) is 12.8 Å². The Balaban J connectivity index is 0.00000192. The molecule has 1 aliphatic carbocycles. The summed E-state index contributed by atoms with van der Waals surface area (Å²) in [5, 5.41) is 0. The molecule has 124 valence electrons. The third kappa shape index (κ3) is 3.75. The summed E-state index contributed by atoms with van der Waals surface area (Å²) in [7, 11) is 3.18. The maximum atomic E-state index is 12.7. The van der Waals surface area contributed by atoms with E-state index in [1.54, 1.807) is 43.8 Å². The first-order valence-corrected chi connectivity index (χ1v) is 8.35. The van der Waals surface area contributed by atoms with Crippen molar-refractivity contribution in [2.24, 2.45) is 0 Å². The van der Waals surface area contributed by atoms with E-state index in [-0.39, 0.29) is 22.8 Å². The Morgan fingerprint density at radius 1 is 1.22 bits per heavy atom. The minimum atomic E-state index is 0. The molecule has 1 heterocycles. The molecular formula is C17H20BrNO3S. The number of ether oxygens (including phenoxy) is 2. The van der Waals surface area contributed by atoms with Crippen molar-refractivity contribution in [3.8, 4) is 11.5 Å². The number of carbonyl (C=O) groups is 1. The summed E-state index contributed by atoms with van der Waals surface area (Å²) in [6.45, 7) is 0.357. The summed E-state index contributed by atoms with van der Waals surface area (Å²) in [6, 6.07) is 5.33. The van der Waals surface area contributed by atoms with Crippen LogP contribution < -0.4 is 31.0 Å². The molecule has 0 amide bonds. The SMILES string of the molecule is COc1ccc(OC)c(C(=O)C[n+]2csc3c2CCCC3)c1.[Br-]. The molecule has 0 atom stereocenters. The van der Waals surface area contributed by atoms with Crippen molar-refractivity contribution in [3.63, 3.8) is 0 Å². The van der Waals surface area contributed by atoms with E-state index in [0.29, 0.717) is 23.6 Å². The lowest BCUT2D eigenvalue weighted by molar-refractivity contribution is -0.686. The predicted molar refractivity (Wildman–Crippen MR) is 85.0 cm³/mol. The van der Waals surface area contributed by atoms with Crippen LogP contribution in [-0.4, -0.2) is 20.0 Å². The highest BCUT2D eigenvalue weighted by Crippen LogP contribution is 2.25. The summed E-state index contributed by atoms with van der Waals surface area (Å²) in [4.78, 5) is 14.1. The van der Waals surface area contributed by atoms with Crippen molar-refractivity contribution < 1.29 is 35.8 Å². The van der Waals surface area contributed by atoms with E-state index in [1.165, 1.54) is 23.4 Å². The molecule has 0 saturated carbocycles. The van der Waals surface area contributed by atoms with Gasteiger partial charge in [-0.15, -0.1) is 0 Å². The number of aryl methyl sites for hydroxylation is 1. The van der Waals surface area contributed by atoms with Gasteiger partial charge in [-0.25, -0.2) is 0 Å². The lowest BCUT2D eigenvalue weighted by Crippen LogP contribution is -3.00. The zero-order valence-corrected chi connectivity index (χ0v) is 15.7. The molecule has 0 saturated heterocycles. The van der Waals surface area contributed by atoms with Crippen LogP contribution >= 0.6 is 11.3 Å². The first-order chi connectivity index (χ1) is 10.7. The second-order valence-electron chi connectivity index (χ2n) is 5.42. The standard InChI is InChI=1S/C17H20NO3S.BrH/c1-20-12-7-8-16(21-2)13(9-12)15(19)10-18-11-22-17-6-4-3-5-14(17)18;/h7-9,11H,3-6,10H2,1-2H3;1H/q+1;/p-1. The Bertz CT molecular complexity index is 699. The Kier molecular flexibility index (Phi) is 6.18. The monoisotopic (exact) mass is 397 g/mol. The summed E-state index contributed by atoms with van der Waals surface area (Å²) in [5.41, 5.74) is 3.97. The van der Waals surface area contributed by atoms with Crippen LogP contribution in [0.3, 0.4) is 0 Å². The second-order valence-corrected chi connectivity index (χ2v) is 6.36. The van der Waals surface area contributed by atoms with Gasteiger partial charge in [0.05, 0.1) is 24.7 Å². The Hall–Kier alpha value is -1.40.